The summed E-state index contributed by atoms with van der Waals surface area (Å²) in [6, 6.07) is 11.9. The molecule has 0 aliphatic rings. The first-order valence-electron chi connectivity index (χ1n) is 7.71. The van der Waals surface area contributed by atoms with E-state index in [-0.39, 0.29) is 5.91 Å². The predicted octanol–water partition coefficient (Wildman–Crippen LogP) is 4.09. The fraction of sp³-hybridized carbons (Fsp3) is 0.333. The first-order chi connectivity index (χ1) is 10.6. The highest BCUT2D eigenvalue weighted by Gasteiger charge is 2.07. The number of anilines is 2. The summed E-state index contributed by atoms with van der Waals surface area (Å²) in [5.74, 6) is 0.379. The highest BCUT2D eigenvalue weighted by molar-refractivity contribution is 5.93. The maximum atomic E-state index is 11.9. The number of pyridine rings is 1. The lowest BCUT2D eigenvalue weighted by atomic mass is 10.0. The number of hydrogen-bond donors (Lipinski definition) is 2. The highest BCUT2D eigenvalue weighted by atomic mass is 16.1. The van der Waals surface area contributed by atoms with Crippen LogP contribution in [0, 0.1) is 0 Å². The minimum Gasteiger partial charge on any atom is -0.355 e. The fourth-order valence-electron chi connectivity index (χ4n) is 2.08. The van der Waals surface area contributed by atoms with Gasteiger partial charge in [-0.05, 0) is 42.2 Å². The second-order valence-corrected chi connectivity index (χ2v) is 5.59. The number of benzene rings is 1. The van der Waals surface area contributed by atoms with E-state index in [1.807, 2.05) is 25.1 Å². The summed E-state index contributed by atoms with van der Waals surface area (Å²) in [5.41, 5.74) is 3.58. The number of carbonyl (C=O) groups excluding carboxylic acids is 1. The second kappa shape index (κ2) is 7.59. The van der Waals surface area contributed by atoms with E-state index in [9.17, 15) is 4.79 Å². The van der Waals surface area contributed by atoms with Crippen LogP contribution in [0.3, 0.4) is 0 Å². The summed E-state index contributed by atoms with van der Waals surface area (Å²) >= 11 is 0. The molecule has 2 N–H and O–H groups in total. The minimum atomic E-state index is -0.138. The molecular formula is C18H23N3O. The zero-order chi connectivity index (χ0) is 15.9. The van der Waals surface area contributed by atoms with Gasteiger partial charge in [-0.3, -0.25) is 9.78 Å². The van der Waals surface area contributed by atoms with Crippen molar-refractivity contribution in [3.05, 3.63) is 53.9 Å². The van der Waals surface area contributed by atoms with E-state index in [1.165, 1.54) is 5.56 Å². The van der Waals surface area contributed by atoms with Crippen LogP contribution in [-0.4, -0.2) is 17.4 Å². The summed E-state index contributed by atoms with van der Waals surface area (Å²) in [4.78, 5) is 16.0. The van der Waals surface area contributed by atoms with Crippen LogP contribution in [0.1, 0.15) is 49.2 Å². The lowest BCUT2D eigenvalue weighted by Crippen LogP contribution is -2.24. The van der Waals surface area contributed by atoms with E-state index in [2.05, 4.69) is 41.6 Å². The average molecular weight is 297 g/mol. The molecule has 0 aliphatic heterocycles. The van der Waals surface area contributed by atoms with E-state index < -0.39 is 0 Å². The van der Waals surface area contributed by atoms with Gasteiger partial charge in [-0.15, -0.1) is 0 Å². The maximum absolute atomic E-state index is 11.9. The van der Waals surface area contributed by atoms with Gasteiger partial charge in [0.2, 0.25) is 0 Å². The Morgan fingerprint density at radius 1 is 1.14 bits per heavy atom. The Hall–Kier alpha value is -2.36. The third-order valence-corrected chi connectivity index (χ3v) is 3.39. The number of carbonyl (C=O) groups is 1. The molecule has 0 saturated heterocycles. The Balaban J connectivity index is 2.08. The van der Waals surface area contributed by atoms with Crippen LogP contribution in [0.2, 0.25) is 0 Å². The molecule has 4 nitrogen and oxygen atoms in total. The normalized spacial score (nSPS) is 10.5. The minimum absolute atomic E-state index is 0.138. The first-order valence-corrected chi connectivity index (χ1v) is 7.71. The van der Waals surface area contributed by atoms with E-state index >= 15 is 0 Å². The molecule has 0 fully saturated rings. The van der Waals surface area contributed by atoms with E-state index in [0.29, 0.717) is 18.2 Å². The molecule has 1 amide bonds. The molecule has 0 atom stereocenters. The summed E-state index contributed by atoms with van der Waals surface area (Å²) in [6.07, 6.45) is 2.55. The van der Waals surface area contributed by atoms with Gasteiger partial charge in [-0.2, -0.15) is 0 Å². The Labute approximate surface area is 132 Å². The lowest BCUT2D eigenvalue weighted by molar-refractivity contribution is 0.0949. The third-order valence-electron chi connectivity index (χ3n) is 3.39. The third kappa shape index (κ3) is 4.32. The van der Waals surface area contributed by atoms with Gasteiger partial charge in [0.15, 0.2) is 0 Å². The van der Waals surface area contributed by atoms with Gasteiger partial charge in [-0.25, -0.2) is 0 Å². The smallest absolute Gasteiger partial charge is 0.269 e. The van der Waals surface area contributed by atoms with E-state index in [1.54, 1.807) is 12.3 Å². The molecule has 1 aromatic carbocycles. The molecule has 1 aromatic heterocycles. The lowest BCUT2D eigenvalue weighted by Gasteiger charge is -2.10. The van der Waals surface area contributed by atoms with Crippen LogP contribution in [0.5, 0.6) is 0 Å². The van der Waals surface area contributed by atoms with Crippen molar-refractivity contribution >= 4 is 17.3 Å². The number of nitrogens with zero attached hydrogens (tertiary/aromatic N) is 1. The van der Waals surface area contributed by atoms with E-state index in [4.69, 9.17) is 0 Å². The van der Waals surface area contributed by atoms with Crippen molar-refractivity contribution in [1.29, 1.82) is 0 Å². The standard InChI is InChI=1S/C18H23N3O/c1-4-10-20-18(22)17-12-16(9-11-19-17)21-15-7-5-14(6-8-15)13(2)3/h5-9,11-13H,4,10H2,1-3H3,(H,19,21)(H,20,22). The number of aromatic nitrogens is 1. The van der Waals surface area contributed by atoms with Gasteiger partial charge in [0.25, 0.3) is 5.91 Å². The molecule has 0 spiro atoms. The molecule has 22 heavy (non-hydrogen) atoms. The maximum Gasteiger partial charge on any atom is 0.269 e. The van der Waals surface area contributed by atoms with Crippen LogP contribution in [0.4, 0.5) is 11.4 Å². The molecule has 4 heteroatoms. The zero-order valence-electron chi connectivity index (χ0n) is 13.4. The first kappa shape index (κ1) is 16.0. The second-order valence-electron chi connectivity index (χ2n) is 5.59. The van der Waals surface area contributed by atoms with Gasteiger partial charge in [-0.1, -0.05) is 32.9 Å². The largest absolute Gasteiger partial charge is 0.355 e. The van der Waals surface area contributed by atoms with Crippen molar-refractivity contribution in [2.24, 2.45) is 0 Å². The number of hydrogen-bond acceptors (Lipinski definition) is 3. The van der Waals surface area contributed by atoms with Gasteiger partial charge < -0.3 is 10.6 Å². The van der Waals surface area contributed by atoms with Crippen molar-refractivity contribution < 1.29 is 4.79 Å². The van der Waals surface area contributed by atoms with Crippen molar-refractivity contribution in [1.82, 2.24) is 10.3 Å². The van der Waals surface area contributed by atoms with Crippen LogP contribution in [0.25, 0.3) is 0 Å². The molecule has 0 unspecified atom stereocenters. The van der Waals surface area contributed by atoms with Crippen LogP contribution >= 0.6 is 0 Å². The number of nitrogens with one attached hydrogen (secondary N) is 2. The van der Waals surface area contributed by atoms with Crippen LogP contribution in [-0.2, 0) is 0 Å². The van der Waals surface area contributed by atoms with Crippen molar-refractivity contribution in [3.8, 4) is 0 Å². The Kier molecular flexibility index (Phi) is 5.53. The molecule has 0 aliphatic carbocycles. The van der Waals surface area contributed by atoms with Gasteiger partial charge in [0.1, 0.15) is 5.69 Å². The molecule has 2 aromatic rings. The molecule has 116 valence electrons. The van der Waals surface area contributed by atoms with Gasteiger partial charge >= 0.3 is 0 Å². The van der Waals surface area contributed by atoms with Crippen LogP contribution in [0.15, 0.2) is 42.6 Å². The summed E-state index contributed by atoms with van der Waals surface area (Å²) < 4.78 is 0. The summed E-state index contributed by atoms with van der Waals surface area (Å²) in [5, 5.41) is 6.13. The topological polar surface area (TPSA) is 54.0 Å². The molecular weight excluding hydrogens is 274 g/mol. The fourth-order valence-corrected chi connectivity index (χ4v) is 2.08. The SMILES string of the molecule is CCCNC(=O)c1cc(Nc2ccc(C(C)C)cc2)ccn1. The zero-order valence-corrected chi connectivity index (χ0v) is 13.4. The summed E-state index contributed by atoms with van der Waals surface area (Å²) in [7, 11) is 0. The Bertz CT molecular complexity index is 620. The van der Waals surface area contributed by atoms with E-state index in [0.717, 1.165) is 17.8 Å². The van der Waals surface area contributed by atoms with Crippen molar-refractivity contribution in [2.45, 2.75) is 33.1 Å². The highest BCUT2D eigenvalue weighted by Crippen LogP contribution is 2.20. The van der Waals surface area contributed by atoms with Crippen molar-refractivity contribution in [2.75, 3.05) is 11.9 Å². The van der Waals surface area contributed by atoms with Gasteiger partial charge in [0, 0.05) is 24.1 Å². The van der Waals surface area contributed by atoms with Gasteiger partial charge in [0.05, 0.1) is 0 Å². The quantitative estimate of drug-likeness (QED) is 0.844. The molecule has 0 bridgehead atoms. The monoisotopic (exact) mass is 297 g/mol. The summed E-state index contributed by atoms with van der Waals surface area (Å²) in [6.45, 7) is 7.03. The Morgan fingerprint density at radius 2 is 1.86 bits per heavy atom. The Morgan fingerprint density at radius 3 is 2.50 bits per heavy atom. The molecule has 2 rings (SSSR count). The molecule has 0 saturated carbocycles. The molecule has 0 radical (unpaired) electrons. The van der Waals surface area contributed by atoms with Crippen molar-refractivity contribution in [3.63, 3.8) is 0 Å². The molecule has 1 heterocycles. The predicted molar refractivity (Wildman–Crippen MR) is 90.7 cm³/mol. The number of rotatable bonds is 6. The number of amides is 1. The van der Waals surface area contributed by atoms with Crippen LogP contribution < -0.4 is 10.6 Å². The average Bonchev–Trinajstić information content (AvgIpc) is 2.53.